The van der Waals surface area contributed by atoms with E-state index >= 15 is 0 Å². The third-order valence-corrected chi connectivity index (χ3v) is 3.28. The maximum atomic E-state index is 13.8. The van der Waals surface area contributed by atoms with Crippen molar-refractivity contribution in [1.82, 2.24) is 10.2 Å². The highest BCUT2D eigenvalue weighted by atomic mass is 35.5. The summed E-state index contributed by atoms with van der Waals surface area (Å²) in [7, 11) is 0. The molecule has 1 fully saturated rings. The molecule has 0 unspecified atom stereocenters. The summed E-state index contributed by atoms with van der Waals surface area (Å²) in [5.41, 5.74) is 0.606. The first-order chi connectivity index (χ1) is 8.22. The molecule has 2 rings (SSSR count). The molecule has 0 amide bonds. The van der Waals surface area contributed by atoms with Gasteiger partial charge in [0.25, 0.3) is 0 Å². The van der Waals surface area contributed by atoms with Gasteiger partial charge in [-0.2, -0.15) is 0 Å². The van der Waals surface area contributed by atoms with Crippen molar-refractivity contribution in [2.24, 2.45) is 0 Å². The van der Waals surface area contributed by atoms with Crippen molar-refractivity contribution in [2.75, 3.05) is 26.2 Å². The van der Waals surface area contributed by atoms with Crippen molar-refractivity contribution in [2.45, 2.75) is 6.04 Å². The van der Waals surface area contributed by atoms with Crippen molar-refractivity contribution in [3.8, 4) is 0 Å². The van der Waals surface area contributed by atoms with E-state index in [0.29, 0.717) is 10.6 Å². The van der Waals surface area contributed by atoms with Gasteiger partial charge in [0.2, 0.25) is 0 Å². The van der Waals surface area contributed by atoms with Gasteiger partial charge >= 0.3 is 0 Å². The van der Waals surface area contributed by atoms with Gasteiger partial charge in [-0.15, -0.1) is 31.4 Å². The molecule has 1 aliphatic heterocycles. The third kappa shape index (κ3) is 4.62. The fourth-order valence-corrected chi connectivity index (χ4v) is 2.35. The summed E-state index contributed by atoms with van der Waals surface area (Å²) in [6, 6.07) is 4.57. The molecule has 2 nitrogen and oxygen atoms in total. The molecule has 1 aliphatic rings. The minimum atomic E-state index is -0.224. The highest BCUT2D eigenvalue weighted by Gasteiger charge is 2.22. The minimum absolute atomic E-state index is 0. The number of hydrogen-bond donors (Lipinski definition) is 1. The molecule has 0 saturated carbocycles. The average molecular weight is 328 g/mol. The SMILES string of the molecule is C=C[C@@H](c1cc(Cl)ccc1F)N1CCNCC1.Cl.Cl. The van der Waals surface area contributed by atoms with E-state index in [0.717, 1.165) is 26.2 Å². The lowest BCUT2D eigenvalue weighted by Crippen LogP contribution is -2.44. The fraction of sp³-hybridized carbons (Fsp3) is 0.385. The first-order valence-corrected chi connectivity index (χ1v) is 6.12. The third-order valence-electron chi connectivity index (χ3n) is 3.04. The molecule has 1 N–H and O–H groups in total. The van der Waals surface area contributed by atoms with Crippen LogP contribution < -0.4 is 5.32 Å². The van der Waals surface area contributed by atoms with E-state index < -0.39 is 0 Å². The number of rotatable bonds is 3. The van der Waals surface area contributed by atoms with Gasteiger partial charge in [-0.3, -0.25) is 4.90 Å². The Hall–Kier alpha value is -0.320. The van der Waals surface area contributed by atoms with E-state index in [1.165, 1.54) is 6.07 Å². The number of piperazine rings is 1. The zero-order chi connectivity index (χ0) is 12.3. The van der Waals surface area contributed by atoms with Crippen LogP contribution in [-0.4, -0.2) is 31.1 Å². The van der Waals surface area contributed by atoms with Crippen molar-refractivity contribution in [3.05, 3.63) is 47.3 Å². The minimum Gasteiger partial charge on any atom is -0.314 e. The summed E-state index contributed by atoms with van der Waals surface area (Å²) in [5.74, 6) is -0.224. The van der Waals surface area contributed by atoms with Gasteiger partial charge in [-0.1, -0.05) is 17.7 Å². The Kier molecular flexibility index (Phi) is 8.62. The molecule has 6 heteroatoms. The Labute approximate surface area is 130 Å². The normalized spacial score (nSPS) is 16.9. The Balaban J connectivity index is 0.00000162. The van der Waals surface area contributed by atoms with E-state index in [2.05, 4.69) is 16.8 Å². The Bertz CT molecular complexity index is 409. The van der Waals surface area contributed by atoms with Gasteiger partial charge < -0.3 is 5.32 Å². The quantitative estimate of drug-likeness (QED) is 0.855. The second-order valence-electron chi connectivity index (χ2n) is 4.13. The lowest BCUT2D eigenvalue weighted by Gasteiger charge is -2.33. The van der Waals surface area contributed by atoms with Gasteiger partial charge in [0.05, 0.1) is 6.04 Å². The molecule has 1 atom stereocenters. The molecule has 1 aromatic carbocycles. The molecule has 1 saturated heterocycles. The molecular formula is C13H18Cl3FN2. The van der Waals surface area contributed by atoms with E-state index in [-0.39, 0.29) is 36.7 Å². The van der Waals surface area contributed by atoms with E-state index in [4.69, 9.17) is 11.6 Å². The second kappa shape index (κ2) is 8.77. The summed E-state index contributed by atoms with van der Waals surface area (Å²) >= 11 is 5.92. The Morgan fingerprint density at radius 1 is 1.32 bits per heavy atom. The van der Waals surface area contributed by atoms with Gasteiger partial charge in [0.15, 0.2) is 0 Å². The summed E-state index contributed by atoms with van der Waals surface area (Å²) < 4.78 is 13.8. The first kappa shape index (κ1) is 18.7. The Morgan fingerprint density at radius 2 is 1.95 bits per heavy atom. The molecule has 19 heavy (non-hydrogen) atoms. The molecule has 0 bridgehead atoms. The van der Waals surface area contributed by atoms with Crippen LogP contribution in [0.2, 0.25) is 5.02 Å². The maximum Gasteiger partial charge on any atom is 0.128 e. The zero-order valence-electron chi connectivity index (χ0n) is 10.4. The van der Waals surface area contributed by atoms with Crippen molar-refractivity contribution < 1.29 is 4.39 Å². The van der Waals surface area contributed by atoms with Gasteiger partial charge in [-0.05, 0) is 18.2 Å². The smallest absolute Gasteiger partial charge is 0.128 e. The number of hydrogen-bond acceptors (Lipinski definition) is 2. The number of nitrogens with zero attached hydrogens (tertiary/aromatic N) is 1. The first-order valence-electron chi connectivity index (χ1n) is 5.74. The predicted octanol–water partition coefficient (Wildman–Crippen LogP) is 3.46. The molecule has 0 spiro atoms. The monoisotopic (exact) mass is 326 g/mol. The highest BCUT2D eigenvalue weighted by molar-refractivity contribution is 6.30. The highest BCUT2D eigenvalue weighted by Crippen LogP contribution is 2.27. The molecule has 0 aliphatic carbocycles. The van der Waals surface area contributed by atoms with E-state index in [9.17, 15) is 4.39 Å². The fourth-order valence-electron chi connectivity index (χ4n) is 2.17. The molecule has 1 heterocycles. The number of halogens is 4. The van der Waals surface area contributed by atoms with Crippen molar-refractivity contribution in [1.29, 1.82) is 0 Å². The second-order valence-corrected chi connectivity index (χ2v) is 4.57. The molecule has 0 radical (unpaired) electrons. The predicted molar refractivity (Wildman–Crippen MR) is 83.3 cm³/mol. The van der Waals surface area contributed by atoms with Crippen LogP contribution >= 0.6 is 36.4 Å². The number of nitrogens with one attached hydrogen (secondary N) is 1. The summed E-state index contributed by atoms with van der Waals surface area (Å²) in [6.45, 7) is 7.44. The standard InChI is InChI=1S/C13H16ClFN2.2ClH/c1-2-13(17-7-5-16-6-8-17)11-9-10(14)3-4-12(11)15;;/h2-4,9,13,16H,1,5-8H2;2*1H/t13-;;/m0../s1. The van der Waals surface area contributed by atoms with Crippen LogP contribution in [0, 0.1) is 5.82 Å². The maximum absolute atomic E-state index is 13.8. The zero-order valence-corrected chi connectivity index (χ0v) is 12.8. The van der Waals surface area contributed by atoms with Crippen LogP contribution in [0.4, 0.5) is 4.39 Å². The largest absolute Gasteiger partial charge is 0.314 e. The van der Waals surface area contributed by atoms with Crippen LogP contribution in [-0.2, 0) is 0 Å². The van der Waals surface area contributed by atoms with Gasteiger partial charge in [-0.25, -0.2) is 4.39 Å². The van der Waals surface area contributed by atoms with Crippen LogP contribution in [0.3, 0.4) is 0 Å². The topological polar surface area (TPSA) is 15.3 Å². The summed E-state index contributed by atoms with van der Waals surface area (Å²) in [4.78, 5) is 2.21. The van der Waals surface area contributed by atoms with Crippen molar-refractivity contribution in [3.63, 3.8) is 0 Å². The van der Waals surface area contributed by atoms with Gasteiger partial charge in [0, 0.05) is 36.8 Å². The summed E-state index contributed by atoms with van der Waals surface area (Å²) in [6.07, 6.45) is 1.78. The average Bonchev–Trinajstić information content (AvgIpc) is 2.36. The van der Waals surface area contributed by atoms with Crippen molar-refractivity contribution >= 4 is 36.4 Å². The molecule has 1 aromatic rings. The van der Waals surface area contributed by atoms with E-state index in [1.54, 1.807) is 18.2 Å². The molecule has 108 valence electrons. The van der Waals surface area contributed by atoms with Crippen LogP contribution in [0.15, 0.2) is 30.9 Å². The molecule has 0 aromatic heterocycles. The molecular weight excluding hydrogens is 310 g/mol. The van der Waals surface area contributed by atoms with Crippen LogP contribution in [0.1, 0.15) is 11.6 Å². The van der Waals surface area contributed by atoms with Gasteiger partial charge in [0.1, 0.15) is 5.82 Å². The van der Waals surface area contributed by atoms with Crippen LogP contribution in [0.25, 0.3) is 0 Å². The summed E-state index contributed by atoms with van der Waals surface area (Å²) in [5, 5.41) is 3.83. The lowest BCUT2D eigenvalue weighted by molar-refractivity contribution is 0.200. The Morgan fingerprint density at radius 3 is 2.53 bits per heavy atom. The van der Waals surface area contributed by atoms with Crippen LogP contribution in [0.5, 0.6) is 0 Å². The number of benzene rings is 1. The van der Waals surface area contributed by atoms with E-state index in [1.807, 2.05) is 0 Å². The lowest BCUT2D eigenvalue weighted by atomic mass is 10.0.